The molecule has 3 heteroatoms. The number of hydrogen-bond acceptors (Lipinski definition) is 2. The van der Waals surface area contributed by atoms with Gasteiger partial charge in [-0.15, -0.1) is 0 Å². The second kappa shape index (κ2) is 7.41. The van der Waals surface area contributed by atoms with E-state index in [9.17, 15) is 0 Å². The Kier molecular flexibility index (Phi) is 5.86. The van der Waals surface area contributed by atoms with Crippen molar-refractivity contribution in [1.82, 2.24) is 4.90 Å². The molecule has 1 unspecified atom stereocenters. The lowest BCUT2D eigenvalue weighted by Crippen LogP contribution is -2.39. The summed E-state index contributed by atoms with van der Waals surface area (Å²) in [5.41, 5.74) is 7.36. The summed E-state index contributed by atoms with van der Waals surface area (Å²) < 4.78 is 1.13. The van der Waals surface area contributed by atoms with Crippen molar-refractivity contribution in [2.75, 3.05) is 19.6 Å². The Labute approximate surface area is 125 Å². The van der Waals surface area contributed by atoms with Gasteiger partial charge in [-0.2, -0.15) is 0 Å². The number of likely N-dealkylation sites (tertiary alicyclic amines) is 1. The minimum Gasteiger partial charge on any atom is -0.329 e. The first-order valence-electron chi connectivity index (χ1n) is 7.44. The number of rotatable bonds is 5. The Morgan fingerprint density at radius 1 is 1.26 bits per heavy atom. The van der Waals surface area contributed by atoms with Crippen molar-refractivity contribution in [2.24, 2.45) is 11.7 Å². The summed E-state index contributed by atoms with van der Waals surface area (Å²) in [6, 6.07) is 9.00. The molecule has 106 valence electrons. The molecule has 1 saturated heterocycles. The zero-order valence-electron chi connectivity index (χ0n) is 11.8. The molecule has 1 fully saturated rings. The van der Waals surface area contributed by atoms with Crippen molar-refractivity contribution in [3.8, 4) is 0 Å². The van der Waals surface area contributed by atoms with Gasteiger partial charge < -0.3 is 5.73 Å². The molecule has 0 amide bonds. The van der Waals surface area contributed by atoms with E-state index >= 15 is 0 Å². The van der Waals surface area contributed by atoms with Gasteiger partial charge in [-0.05, 0) is 49.5 Å². The summed E-state index contributed by atoms with van der Waals surface area (Å²) in [5, 5.41) is 0. The molecule has 0 bridgehead atoms. The molecule has 1 aromatic rings. The number of benzene rings is 1. The van der Waals surface area contributed by atoms with Crippen molar-refractivity contribution in [3.63, 3.8) is 0 Å². The van der Waals surface area contributed by atoms with Gasteiger partial charge in [0.1, 0.15) is 0 Å². The van der Waals surface area contributed by atoms with Gasteiger partial charge in [0.2, 0.25) is 0 Å². The van der Waals surface area contributed by atoms with E-state index in [2.05, 4.69) is 52.0 Å². The quantitative estimate of drug-likeness (QED) is 0.888. The maximum atomic E-state index is 6.01. The third-order valence-corrected chi connectivity index (χ3v) is 4.79. The highest BCUT2D eigenvalue weighted by molar-refractivity contribution is 9.10. The van der Waals surface area contributed by atoms with Crippen LogP contribution in [0.3, 0.4) is 0 Å². The van der Waals surface area contributed by atoms with Crippen molar-refractivity contribution in [2.45, 2.75) is 38.6 Å². The molecule has 0 aliphatic carbocycles. The number of hydrogen-bond donors (Lipinski definition) is 1. The molecule has 2 nitrogen and oxygen atoms in total. The van der Waals surface area contributed by atoms with Gasteiger partial charge in [0, 0.05) is 17.1 Å². The van der Waals surface area contributed by atoms with E-state index in [1.165, 1.54) is 44.3 Å². The molecule has 1 atom stereocenters. The monoisotopic (exact) mass is 324 g/mol. The van der Waals surface area contributed by atoms with Crippen LogP contribution in [0.5, 0.6) is 0 Å². The predicted molar refractivity (Wildman–Crippen MR) is 85.1 cm³/mol. The maximum Gasteiger partial charge on any atom is 0.0470 e. The Hall–Kier alpha value is -0.380. The van der Waals surface area contributed by atoms with Crippen molar-refractivity contribution in [3.05, 3.63) is 34.3 Å². The molecule has 1 aliphatic rings. The first-order valence-corrected chi connectivity index (χ1v) is 8.23. The van der Waals surface area contributed by atoms with Crippen LogP contribution in [0.1, 0.15) is 44.2 Å². The van der Waals surface area contributed by atoms with E-state index in [0.29, 0.717) is 12.6 Å². The second-order valence-corrected chi connectivity index (χ2v) is 6.49. The van der Waals surface area contributed by atoms with Crippen molar-refractivity contribution in [1.29, 1.82) is 0 Å². The third-order valence-electron chi connectivity index (χ3n) is 4.26. The van der Waals surface area contributed by atoms with Crippen LogP contribution >= 0.6 is 15.9 Å². The highest BCUT2D eigenvalue weighted by atomic mass is 79.9. The van der Waals surface area contributed by atoms with Crippen LogP contribution in [0.15, 0.2) is 28.7 Å². The van der Waals surface area contributed by atoms with Crippen molar-refractivity contribution >= 4 is 15.9 Å². The van der Waals surface area contributed by atoms with Crippen molar-refractivity contribution < 1.29 is 0 Å². The first kappa shape index (κ1) is 15.0. The van der Waals surface area contributed by atoms with Gasteiger partial charge in [0.05, 0.1) is 0 Å². The van der Waals surface area contributed by atoms with E-state index in [0.717, 1.165) is 10.4 Å². The van der Waals surface area contributed by atoms with Crippen LogP contribution < -0.4 is 5.73 Å². The zero-order valence-corrected chi connectivity index (χ0v) is 13.4. The van der Waals surface area contributed by atoms with Gasteiger partial charge >= 0.3 is 0 Å². The van der Waals surface area contributed by atoms with E-state index in [-0.39, 0.29) is 0 Å². The Balaban J connectivity index is 1.97. The molecule has 0 spiro atoms. The summed E-state index contributed by atoms with van der Waals surface area (Å²) >= 11 is 3.49. The smallest absolute Gasteiger partial charge is 0.0470 e. The summed E-state index contributed by atoms with van der Waals surface area (Å²) in [6.45, 7) is 5.39. The highest BCUT2D eigenvalue weighted by Crippen LogP contribution is 2.28. The van der Waals surface area contributed by atoms with E-state index in [1.807, 2.05) is 0 Å². The molecule has 1 aliphatic heterocycles. The Morgan fingerprint density at radius 3 is 2.42 bits per heavy atom. The maximum absolute atomic E-state index is 6.01. The van der Waals surface area contributed by atoms with Crippen LogP contribution in [-0.4, -0.2) is 24.5 Å². The lowest BCUT2D eigenvalue weighted by Gasteiger charge is -2.37. The van der Waals surface area contributed by atoms with Gasteiger partial charge in [-0.25, -0.2) is 0 Å². The SMILES string of the molecule is CCCC1CCN(C(CN)c2ccc(Br)cc2)CC1. The number of piperidine rings is 1. The number of nitrogens with two attached hydrogens (primary N) is 1. The molecule has 1 aromatic carbocycles. The highest BCUT2D eigenvalue weighted by Gasteiger charge is 2.24. The molecule has 1 heterocycles. The minimum absolute atomic E-state index is 0.385. The average Bonchev–Trinajstić information content (AvgIpc) is 2.44. The van der Waals surface area contributed by atoms with Crippen LogP contribution in [-0.2, 0) is 0 Å². The normalized spacial score (nSPS) is 19.5. The summed E-state index contributed by atoms with van der Waals surface area (Å²) in [5.74, 6) is 0.935. The van der Waals surface area contributed by atoms with Gasteiger partial charge in [-0.1, -0.05) is 47.8 Å². The fourth-order valence-electron chi connectivity index (χ4n) is 3.14. The summed E-state index contributed by atoms with van der Waals surface area (Å²) in [4.78, 5) is 2.56. The van der Waals surface area contributed by atoms with Crippen LogP contribution in [0.4, 0.5) is 0 Å². The summed E-state index contributed by atoms with van der Waals surface area (Å²) in [7, 11) is 0. The fourth-order valence-corrected chi connectivity index (χ4v) is 3.41. The van der Waals surface area contributed by atoms with E-state index < -0.39 is 0 Å². The van der Waals surface area contributed by atoms with Gasteiger partial charge in [0.15, 0.2) is 0 Å². The molecular formula is C16H25BrN2. The van der Waals surface area contributed by atoms with E-state index in [1.54, 1.807) is 0 Å². The number of nitrogens with zero attached hydrogens (tertiary/aromatic N) is 1. The lowest BCUT2D eigenvalue weighted by atomic mass is 9.91. The molecule has 0 aromatic heterocycles. The molecule has 2 N–H and O–H groups in total. The molecule has 19 heavy (non-hydrogen) atoms. The molecule has 0 radical (unpaired) electrons. The largest absolute Gasteiger partial charge is 0.329 e. The topological polar surface area (TPSA) is 29.3 Å². The van der Waals surface area contributed by atoms with Crippen LogP contribution in [0.2, 0.25) is 0 Å². The van der Waals surface area contributed by atoms with Gasteiger partial charge in [-0.3, -0.25) is 4.90 Å². The Bertz CT molecular complexity index is 369. The number of halogens is 1. The minimum atomic E-state index is 0.385. The summed E-state index contributed by atoms with van der Waals surface area (Å²) in [6.07, 6.45) is 5.37. The fraction of sp³-hybridized carbons (Fsp3) is 0.625. The predicted octanol–water partition coefficient (Wildman–Crippen LogP) is 3.96. The molecule has 2 rings (SSSR count). The third kappa shape index (κ3) is 4.04. The first-order chi connectivity index (χ1) is 9.24. The van der Waals surface area contributed by atoms with E-state index in [4.69, 9.17) is 5.73 Å². The Morgan fingerprint density at radius 2 is 1.89 bits per heavy atom. The zero-order chi connectivity index (χ0) is 13.7. The molecular weight excluding hydrogens is 300 g/mol. The average molecular weight is 325 g/mol. The van der Waals surface area contributed by atoms with Crippen LogP contribution in [0.25, 0.3) is 0 Å². The van der Waals surface area contributed by atoms with Gasteiger partial charge in [0.25, 0.3) is 0 Å². The second-order valence-electron chi connectivity index (χ2n) is 5.57. The molecule has 0 saturated carbocycles. The lowest BCUT2D eigenvalue weighted by molar-refractivity contribution is 0.132. The standard InChI is InChI=1S/C16H25BrN2/c1-2-3-13-8-10-19(11-9-13)16(12-18)14-4-6-15(17)7-5-14/h4-7,13,16H,2-3,8-12,18H2,1H3. The van der Waals surface area contributed by atoms with Crippen LogP contribution in [0, 0.1) is 5.92 Å².